The second-order valence-electron chi connectivity index (χ2n) is 13.8. The predicted molar refractivity (Wildman–Crippen MR) is 177 cm³/mol. The molecule has 12 N–H and O–H groups in total. The standard InChI is InChI=1S/C32H53N3O22.Na/c1-10(18(28(48)51-5)33-11(2)38)53-29-20(35-13(4)40)26(56-30-25(47)24(46)22(44)16(8-37)54-30)23(45)17(55-29)9-52-32(31(49)50)6-14(41)19(34-12(3)39)27(57-32)21(43)15(42)7-36;/h10,14-27,29-30,36-37,41-47H,6-9H2,1-5H3,(H,33,38)(H,34,39)(H,35,40)(H,49,50);/q;+1/p-1/t10-,14+,15-,16-,17-,18+,19-,20-,21-,22+,23+,24+,25-,26-,27-,29+,30+,32-;/m1./s1. The summed E-state index contributed by atoms with van der Waals surface area (Å²) in [5.41, 5.74) is 0. The first-order valence-electron chi connectivity index (χ1n) is 17.6. The van der Waals surface area contributed by atoms with Gasteiger partial charge in [-0.25, -0.2) is 4.79 Å². The molecule has 328 valence electrons. The molecular formula is C32H52N3NaO22. The van der Waals surface area contributed by atoms with Crippen molar-refractivity contribution >= 4 is 29.7 Å². The molecule has 0 aromatic rings. The summed E-state index contributed by atoms with van der Waals surface area (Å²) in [5.74, 6) is -8.50. The number of rotatable bonds is 17. The summed E-state index contributed by atoms with van der Waals surface area (Å²) in [6.07, 6.45) is -27.4. The molecule has 3 aliphatic rings. The molecule has 26 heteroatoms. The van der Waals surface area contributed by atoms with Crippen LogP contribution in [-0.4, -0.2) is 212 Å². The van der Waals surface area contributed by atoms with Gasteiger partial charge in [0.15, 0.2) is 18.6 Å². The largest absolute Gasteiger partial charge is 1.00 e. The number of methoxy groups -OCH3 is 1. The molecule has 0 saturated carbocycles. The Morgan fingerprint density at radius 2 is 1.43 bits per heavy atom. The fourth-order valence-electron chi connectivity index (χ4n) is 6.54. The summed E-state index contributed by atoms with van der Waals surface area (Å²) in [5, 5.41) is 114. The van der Waals surface area contributed by atoms with Crippen molar-refractivity contribution in [1.29, 1.82) is 0 Å². The van der Waals surface area contributed by atoms with E-state index in [2.05, 4.69) is 16.0 Å². The number of aliphatic hydroxyl groups is 9. The van der Waals surface area contributed by atoms with Gasteiger partial charge in [0.25, 0.3) is 0 Å². The number of carboxylic acids is 1. The smallest absolute Gasteiger partial charge is 0.544 e. The van der Waals surface area contributed by atoms with Gasteiger partial charge in [-0.1, -0.05) is 0 Å². The first kappa shape index (κ1) is 51.9. The van der Waals surface area contributed by atoms with E-state index in [9.17, 15) is 75.0 Å². The zero-order valence-electron chi connectivity index (χ0n) is 32.5. The Hall–Kier alpha value is -2.25. The summed E-state index contributed by atoms with van der Waals surface area (Å²) < 4.78 is 39.1. The van der Waals surface area contributed by atoms with Crippen LogP contribution in [0.15, 0.2) is 0 Å². The molecule has 3 aliphatic heterocycles. The maximum absolute atomic E-state index is 12.7. The number of nitrogens with one attached hydrogen (secondary N) is 3. The van der Waals surface area contributed by atoms with Crippen LogP contribution in [0.4, 0.5) is 0 Å². The van der Waals surface area contributed by atoms with Gasteiger partial charge in [-0.2, -0.15) is 0 Å². The van der Waals surface area contributed by atoms with E-state index in [0.717, 1.165) is 27.9 Å². The number of hydrogen-bond acceptors (Lipinski definition) is 22. The van der Waals surface area contributed by atoms with Gasteiger partial charge < -0.3 is 105 Å². The van der Waals surface area contributed by atoms with Crippen molar-refractivity contribution in [2.45, 2.75) is 144 Å². The minimum Gasteiger partial charge on any atom is -0.544 e. The molecule has 3 fully saturated rings. The molecule has 0 radical (unpaired) electrons. The van der Waals surface area contributed by atoms with E-state index in [4.69, 9.17) is 33.2 Å². The first-order valence-corrected chi connectivity index (χ1v) is 17.6. The Labute approximate surface area is 353 Å². The second-order valence-corrected chi connectivity index (χ2v) is 13.8. The fraction of sp³-hybridized carbons (Fsp3) is 0.844. The maximum Gasteiger partial charge on any atom is 1.00 e. The summed E-state index contributed by atoms with van der Waals surface area (Å²) in [6, 6.07) is -4.75. The van der Waals surface area contributed by atoms with E-state index in [1.165, 1.54) is 6.92 Å². The molecule has 0 unspecified atom stereocenters. The average molecular weight is 854 g/mol. The van der Waals surface area contributed by atoms with Crippen molar-refractivity contribution in [1.82, 2.24) is 16.0 Å². The van der Waals surface area contributed by atoms with E-state index < -0.39 is 166 Å². The van der Waals surface area contributed by atoms with Crippen LogP contribution in [0.3, 0.4) is 0 Å². The number of ether oxygens (including phenoxy) is 7. The molecule has 18 atom stereocenters. The van der Waals surface area contributed by atoms with Gasteiger partial charge in [-0.05, 0) is 6.92 Å². The van der Waals surface area contributed by atoms with Gasteiger partial charge in [0.05, 0.1) is 45.2 Å². The average Bonchev–Trinajstić information content (AvgIpc) is 3.14. The molecule has 25 nitrogen and oxygen atoms in total. The zero-order chi connectivity index (χ0) is 43.1. The van der Waals surface area contributed by atoms with Gasteiger partial charge >= 0.3 is 35.5 Å². The third kappa shape index (κ3) is 12.4. The van der Waals surface area contributed by atoms with Crippen LogP contribution in [-0.2, 0) is 57.1 Å². The Morgan fingerprint density at radius 3 is 1.95 bits per heavy atom. The SMILES string of the molecule is COC(=O)[C@@H](NC(C)=O)[C@@H](C)O[C@H]1O[C@H](CO[C@]2(C(=O)[O-])C[C@H](O)[C@@H](NC(C)=O)[C@H]([C@H](O)[C@H](O)CO)O2)[C@H](O)[C@H](O[C@@H]2O[C@H](CO)[C@H](O)[C@H](O)[C@H]2O)[C@H]1NC(C)=O.[Na+]. The molecular weight excluding hydrogens is 801 g/mol. The molecule has 3 heterocycles. The van der Waals surface area contributed by atoms with Crippen molar-refractivity contribution in [3.8, 4) is 0 Å². The Balaban J connectivity index is 0.0000116. The molecule has 0 aliphatic carbocycles. The van der Waals surface area contributed by atoms with E-state index in [1.807, 2.05) is 0 Å². The molecule has 0 aromatic heterocycles. The van der Waals surface area contributed by atoms with Gasteiger partial charge in [-0.15, -0.1) is 0 Å². The van der Waals surface area contributed by atoms with Crippen LogP contribution in [0.25, 0.3) is 0 Å². The summed E-state index contributed by atoms with van der Waals surface area (Å²) in [6.45, 7) is 1.36. The molecule has 0 spiro atoms. The van der Waals surface area contributed by atoms with Crippen LogP contribution in [0.2, 0.25) is 0 Å². The molecule has 3 rings (SSSR count). The van der Waals surface area contributed by atoms with Crippen LogP contribution < -0.4 is 50.6 Å². The molecule has 58 heavy (non-hydrogen) atoms. The van der Waals surface area contributed by atoms with Crippen LogP contribution in [0.1, 0.15) is 34.1 Å². The van der Waals surface area contributed by atoms with Crippen molar-refractivity contribution in [2.24, 2.45) is 0 Å². The topological polar surface area (TPSA) is 391 Å². The van der Waals surface area contributed by atoms with E-state index >= 15 is 0 Å². The monoisotopic (exact) mass is 853 g/mol. The van der Waals surface area contributed by atoms with Gasteiger partial charge in [0.1, 0.15) is 73.1 Å². The quantitative estimate of drug-likeness (QED) is 0.0477. The number of hydrogen-bond donors (Lipinski definition) is 12. The summed E-state index contributed by atoms with van der Waals surface area (Å²) in [7, 11) is 1.01. The number of aliphatic carboxylic acids is 1. The Kier molecular flexibility index (Phi) is 20.2. The van der Waals surface area contributed by atoms with Crippen molar-refractivity contribution in [3.63, 3.8) is 0 Å². The number of amides is 3. The molecule has 0 bridgehead atoms. The second kappa shape index (κ2) is 22.6. The van der Waals surface area contributed by atoms with E-state index in [0.29, 0.717) is 0 Å². The maximum atomic E-state index is 12.7. The predicted octanol–water partition coefficient (Wildman–Crippen LogP) is -12.3. The number of carboxylic acid groups (broad SMARTS) is 1. The third-order valence-electron chi connectivity index (χ3n) is 9.47. The zero-order valence-corrected chi connectivity index (χ0v) is 34.5. The molecule has 3 amide bonds. The molecule has 0 aromatic carbocycles. The summed E-state index contributed by atoms with van der Waals surface area (Å²) in [4.78, 5) is 61.7. The normalized spacial score (nSPS) is 37.2. The van der Waals surface area contributed by atoms with Crippen LogP contribution >= 0.6 is 0 Å². The van der Waals surface area contributed by atoms with Crippen molar-refractivity contribution < 1.29 is 138 Å². The van der Waals surface area contributed by atoms with Crippen molar-refractivity contribution in [3.05, 3.63) is 0 Å². The fourth-order valence-corrected chi connectivity index (χ4v) is 6.54. The van der Waals surface area contributed by atoms with E-state index in [-0.39, 0.29) is 29.6 Å². The number of carbonyl (C=O) groups is 5. The van der Waals surface area contributed by atoms with Crippen molar-refractivity contribution in [2.75, 3.05) is 26.9 Å². The van der Waals surface area contributed by atoms with Gasteiger partial charge in [-0.3, -0.25) is 14.4 Å². The minimum absolute atomic E-state index is 0. The first-order chi connectivity index (χ1) is 26.6. The summed E-state index contributed by atoms with van der Waals surface area (Å²) >= 11 is 0. The van der Waals surface area contributed by atoms with Gasteiger partial charge in [0.2, 0.25) is 23.5 Å². The van der Waals surface area contributed by atoms with Crippen LogP contribution in [0.5, 0.6) is 0 Å². The number of carbonyl (C=O) groups excluding carboxylic acids is 5. The third-order valence-corrected chi connectivity index (χ3v) is 9.47. The Bertz CT molecular complexity index is 1400. The number of aliphatic hydroxyl groups excluding tert-OH is 9. The number of esters is 1. The van der Waals surface area contributed by atoms with Gasteiger partial charge in [0, 0.05) is 27.2 Å². The van der Waals surface area contributed by atoms with E-state index in [1.54, 1.807) is 0 Å². The van der Waals surface area contributed by atoms with Crippen LogP contribution in [0, 0.1) is 0 Å². The Morgan fingerprint density at radius 1 is 0.845 bits per heavy atom. The molecule has 3 saturated heterocycles. The minimum atomic E-state index is -3.05.